The lowest BCUT2D eigenvalue weighted by atomic mass is 10.1. The van der Waals surface area contributed by atoms with E-state index in [1.54, 1.807) is 30.5 Å². The van der Waals surface area contributed by atoms with Gasteiger partial charge in [-0.15, -0.1) is 0 Å². The van der Waals surface area contributed by atoms with Gasteiger partial charge in [-0.2, -0.15) is 0 Å². The van der Waals surface area contributed by atoms with Gasteiger partial charge >= 0.3 is 0 Å². The molecule has 3 rings (SSSR count). The number of carbonyl (C=O) groups excluding carboxylic acids is 2. The largest absolute Gasteiger partial charge is 0.274 e. The molecule has 0 saturated carbocycles. The van der Waals surface area contributed by atoms with Gasteiger partial charge in [0.05, 0.1) is 11.1 Å². The van der Waals surface area contributed by atoms with Crippen LogP contribution in [-0.4, -0.2) is 28.2 Å². The highest BCUT2D eigenvalue weighted by molar-refractivity contribution is 6.21. The Morgan fingerprint density at radius 1 is 1.00 bits per heavy atom. The fourth-order valence-corrected chi connectivity index (χ4v) is 2.44. The Morgan fingerprint density at radius 3 is 2.15 bits per heavy atom. The van der Waals surface area contributed by atoms with E-state index in [-0.39, 0.29) is 17.7 Å². The molecule has 0 aliphatic carbocycles. The van der Waals surface area contributed by atoms with Crippen LogP contribution in [0.5, 0.6) is 0 Å². The molecule has 4 nitrogen and oxygen atoms in total. The van der Waals surface area contributed by atoms with Gasteiger partial charge in [-0.05, 0) is 24.3 Å². The van der Waals surface area contributed by atoms with Crippen LogP contribution in [-0.2, 0) is 0 Å². The minimum atomic E-state index is -0.214. The summed E-state index contributed by atoms with van der Waals surface area (Å²) in [5, 5.41) is 0. The minimum absolute atomic E-state index is 0.0124. The van der Waals surface area contributed by atoms with Crippen LogP contribution in [0.25, 0.3) is 0 Å². The zero-order chi connectivity index (χ0) is 14.1. The maximum Gasteiger partial charge on any atom is 0.261 e. The average Bonchev–Trinajstić information content (AvgIpc) is 2.74. The molecule has 0 spiro atoms. The van der Waals surface area contributed by atoms with Gasteiger partial charge < -0.3 is 0 Å². The molecule has 4 heteroatoms. The maximum absolute atomic E-state index is 12.3. The first-order valence-electron chi connectivity index (χ1n) is 6.54. The summed E-state index contributed by atoms with van der Waals surface area (Å²) >= 11 is 0. The number of rotatable bonds is 3. The molecule has 1 aromatic heterocycles. The highest BCUT2D eigenvalue weighted by Gasteiger charge is 2.35. The van der Waals surface area contributed by atoms with Crippen molar-refractivity contribution in [1.29, 1.82) is 0 Å². The standard InChI is InChI=1S/C16H14N2O2/c1-11(14-8-4-5-9-17-14)10-18-15(19)12-6-2-3-7-13(12)16(18)20/h2-9,11H,10H2,1H3/t11-/m1/s1. The Kier molecular flexibility index (Phi) is 3.06. The zero-order valence-corrected chi connectivity index (χ0v) is 11.1. The molecule has 1 aliphatic rings. The summed E-state index contributed by atoms with van der Waals surface area (Å²) in [5.41, 5.74) is 1.86. The molecule has 1 atom stereocenters. The van der Waals surface area contributed by atoms with Crippen molar-refractivity contribution in [2.24, 2.45) is 0 Å². The Labute approximate surface area is 117 Å². The van der Waals surface area contributed by atoms with Crippen LogP contribution in [0.15, 0.2) is 48.7 Å². The van der Waals surface area contributed by atoms with Gasteiger partial charge in [0.2, 0.25) is 0 Å². The van der Waals surface area contributed by atoms with Crippen molar-refractivity contribution in [2.45, 2.75) is 12.8 Å². The summed E-state index contributed by atoms with van der Waals surface area (Å²) in [7, 11) is 0. The second-order valence-electron chi connectivity index (χ2n) is 4.92. The monoisotopic (exact) mass is 266 g/mol. The molecule has 2 amide bonds. The Morgan fingerprint density at radius 2 is 1.60 bits per heavy atom. The van der Waals surface area contributed by atoms with Crippen molar-refractivity contribution >= 4 is 11.8 Å². The number of aromatic nitrogens is 1. The first kappa shape index (κ1) is 12.5. The molecule has 100 valence electrons. The second-order valence-corrected chi connectivity index (χ2v) is 4.92. The van der Waals surface area contributed by atoms with Crippen molar-refractivity contribution in [2.75, 3.05) is 6.54 Å². The number of hydrogen-bond donors (Lipinski definition) is 0. The van der Waals surface area contributed by atoms with E-state index in [2.05, 4.69) is 4.98 Å². The van der Waals surface area contributed by atoms with Crippen molar-refractivity contribution in [3.8, 4) is 0 Å². The fourth-order valence-electron chi connectivity index (χ4n) is 2.44. The van der Waals surface area contributed by atoms with E-state index in [0.717, 1.165) is 5.69 Å². The maximum atomic E-state index is 12.3. The van der Waals surface area contributed by atoms with E-state index >= 15 is 0 Å². The Bertz CT molecular complexity index is 632. The highest BCUT2D eigenvalue weighted by atomic mass is 16.2. The summed E-state index contributed by atoms with van der Waals surface area (Å²) in [6.07, 6.45) is 1.72. The molecule has 0 fully saturated rings. The van der Waals surface area contributed by atoms with Gasteiger partial charge in [-0.1, -0.05) is 25.1 Å². The molecule has 0 bridgehead atoms. The minimum Gasteiger partial charge on any atom is -0.274 e. The van der Waals surface area contributed by atoms with Crippen LogP contribution in [0.3, 0.4) is 0 Å². The van der Waals surface area contributed by atoms with Crippen molar-refractivity contribution in [3.05, 3.63) is 65.5 Å². The Balaban J connectivity index is 1.84. The third-order valence-electron chi connectivity index (χ3n) is 3.53. The second kappa shape index (κ2) is 4.89. The molecule has 0 N–H and O–H groups in total. The predicted molar refractivity (Wildman–Crippen MR) is 74.5 cm³/mol. The van der Waals surface area contributed by atoms with E-state index < -0.39 is 0 Å². The smallest absolute Gasteiger partial charge is 0.261 e. The van der Waals surface area contributed by atoms with Crippen LogP contribution in [0.1, 0.15) is 39.3 Å². The lowest BCUT2D eigenvalue weighted by Gasteiger charge is -2.18. The quantitative estimate of drug-likeness (QED) is 0.802. The van der Waals surface area contributed by atoms with Gasteiger partial charge in [-0.3, -0.25) is 19.5 Å². The zero-order valence-electron chi connectivity index (χ0n) is 11.1. The van der Waals surface area contributed by atoms with Gasteiger partial charge in [0.25, 0.3) is 11.8 Å². The van der Waals surface area contributed by atoms with Crippen molar-refractivity contribution in [3.63, 3.8) is 0 Å². The molecule has 2 aromatic rings. The Hall–Kier alpha value is -2.49. The molecule has 2 heterocycles. The third-order valence-corrected chi connectivity index (χ3v) is 3.53. The van der Waals surface area contributed by atoms with Crippen molar-refractivity contribution < 1.29 is 9.59 Å². The van der Waals surface area contributed by atoms with E-state index in [0.29, 0.717) is 17.7 Å². The summed E-state index contributed by atoms with van der Waals surface area (Å²) in [5.74, 6) is -0.417. The SMILES string of the molecule is C[C@H](CN1C(=O)c2ccccc2C1=O)c1ccccn1. The van der Waals surface area contributed by atoms with Gasteiger partial charge in [0.1, 0.15) is 0 Å². The number of benzene rings is 1. The normalized spacial score (nSPS) is 15.3. The highest BCUT2D eigenvalue weighted by Crippen LogP contribution is 2.25. The number of pyridine rings is 1. The lowest BCUT2D eigenvalue weighted by molar-refractivity contribution is 0.0646. The molecule has 20 heavy (non-hydrogen) atoms. The van der Waals surface area contributed by atoms with Gasteiger partial charge in [0.15, 0.2) is 0 Å². The number of hydrogen-bond acceptors (Lipinski definition) is 3. The molecule has 0 saturated heterocycles. The van der Waals surface area contributed by atoms with Crippen LogP contribution < -0.4 is 0 Å². The van der Waals surface area contributed by atoms with E-state index in [9.17, 15) is 9.59 Å². The molecule has 1 aliphatic heterocycles. The van der Waals surface area contributed by atoms with Crippen molar-refractivity contribution in [1.82, 2.24) is 9.88 Å². The molecule has 1 aromatic carbocycles. The fraction of sp³-hybridized carbons (Fsp3) is 0.188. The van der Waals surface area contributed by atoms with E-state index in [1.165, 1.54) is 4.90 Å². The number of imide groups is 1. The van der Waals surface area contributed by atoms with Crippen LogP contribution in [0.2, 0.25) is 0 Å². The summed E-state index contributed by atoms with van der Waals surface area (Å²) < 4.78 is 0. The first-order valence-corrected chi connectivity index (χ1v) is 6.54. The number of amides is 2. The third kappa shape index (κ3) is 1.99. The summed E-state index contributed by atoms with van der Waals surface area (Å²) in [4.78, 5) is 30.1. The summed E-state index contributed by atoms with van der Waals surface area (Å²) in [6, 6.07) is 12.6. The molecular formula is C16H14N2O2. The molecule has 0 unspecified atom stereocenters. The average molecular weight is 266 g/mol. The van der Waals surface area contributed by atoms with E-state index in [4.69, 9.17) is 0 Å². The van der Waals surface area contributed by atoms with Crippen LogP contribution >= 0.6 is 0 Å². The first-order chi connectivity index (χ1) is 9.68. The lowest BCUT2D eigenvalue weighted by Crippen LogP contribution is -2.33. The molecule has 0 radical (unpaired) electrons. The van der Waals surface area contributed by atoms with Crippen LogP contribution in [0, 0.1) is 0 Å². The summed E-state index contributed by atoms with van der Waals surface area (Å²) in [6.45, 7) is 2.31. The topological polar surface area (TPSA) is 50.3 Å². The predicted octanol–water partition coefficient (Wildman–Crippen LogP) is 2.48. The number of nitrogens with zero attached hydrogens (tertiary/aromatic N) is 2. The molecular weight excluding hydrogens is 252 g/mol. The van der Waals surface area contributed by atoms with Crippen LogP contribution in [0.4, 0.5) is 0 Å². The van der Waals surface area contributed by atoms with Gasteiger partial charge in [-0.25, -0.2) is 0 Å². The number of fused-ring (bicyclic) bond motifs is 1. The van der Waals surface area contributed by atoms with Gasteiger partial charge in [0, 0.05) is 24.4 Å². The van der Waals surface area contributed by atoms with E-state index in [1.807, 2.05) is 25.1 Å². The number of carbonyl (C=O) groups is 2.